The summed E-state index contributed by atoms with van der Waals surface area (Å²) in [5.41, 5.74) is 0.935. The second-order valence-electron chi connectivity index (χ2n) is 4.45. The fraction of sp³-hybridized carbons (Fsp3) is 0.385. The van der Waals surface area contributed by atoms with Gasteiger partial charge in [0.25, 0.3) is 0 Å². The molecule has 0 aliphatic carbocycles. The first-order chi connectivity index (χ1) is 9.68. The topological polar surface area (TPSA) is 63.9 Å². The Labute approximate surface area is 122 Å². The van der Waals surface area contributed by atoms with Crippen molar-refractivity contribution in [1.82, 2.24) is 25.1 Å². The highest BCUT2D eigenvalue weighted by atomic mass is 32.2. The van der Waals surface area contributed by atoms with Crippen molar-refractivity contribution in [1.29, 1.82) is 0 Å². The van der Waals surface area contributed by atoms with E-state index < -0.39 is 0 Å². The van der Waals surface area contributed by atoms with Crippen molar-refractivity contribution in [3.05, 3.63) is 30.3 Å². The Bertz CT molecular complexity index is 555. The van der Waals surface area contributed by atoms with E-state index in [-0.39, 0.29) is 5.91 Å². The third-order valence-electron chi connectivity index (χ3n) is 2.71. The van der Waals surface area contributed by atoms with E-state index in [0.29, 0.717) is 6.42 Å². The van der Waals surface area contributed by atoms with Crippen LogP contribution in [0, 0.1) is 0 Å². The summed E-state index contributed by atoms with van der Waals surface area (Å²) in [6.45, 7) is 0. The first-order valence-corrected chi connectivity index (χ1v) is 7.34. The fourth-order valence-electron chi connectivity index (χ4n) is 1.61. The van der Waals surface area contributed by atoms with Crippen LogP contribution >= 0.6 is 11.8 Å². The predicted octanol–water partition coefficient (Wildman–Crippen LogP) is 1.62. The van der Waals surface area contributed by atoms with Crippen molar-refractivity contribution in [3.8, 4) is 5.69 Å². The smallest absolute Gasteiger partial charge is 0.222 e. The molecule has 20 heavy (non-hydrogen) atoms. The first kappa shape index (κ1) is 14.5. The van der Waals surface area contributed by atoms with Crippen LogP contribution in [0.2, 0.25) is 0 Å². The molecule has 0 bridgehead atoms. The average molecular weight is 291 g/mol. The quantitative estimate of drug-likeness (QED) is 0.598. The van der Waals surface area contributed by atoms with E-state index in [1.54, 1.807) is 35.4 Å². The maximum absolute atomic E-state index is 11.5. The SMILES string of the molecule is CN(C)C(=O)CCCSc1nnnn1-c1ccccc1. The fourth-order valence-corrected chi connectivity index (χ4v) is 2.44. The third kappa shape index (κ3) is 3.80. The first-order valence-electron chi connectivity index (χ1n) is 6.35. The van der Waals surface area contributed by atoms with Crippen LogP contribution < -0.4 is 0 Å². The number of para-hydroxylation sites is 1. The maximum atomic E-state index is 11.5. The Balaban J connectivity index is 1.89. The highest BCUT2D eigenvalue weighted by Gasteiger charge is 2.09. The number of rotatable bonds is 6. The van der Waals surface area contributed by atoms with Gasteiger partial charge in [-0.1, -0.05) is 30.0 Å². The molecule has 0 unspecified atom stereocenters. The van der Waals surface area contributed by atoms with E-state index in [4.69, 9.17) is 0 Å². The van der Waals surface area contributed by atoms with Gasteiger partial charge < -0.3 is 4.90 Å². The number of carbonyl (C=O) groups excluding carboxylic acids is 1. The summed E-state index contributed by atoms with van der Waals surface area (Å²) < 4.78 is 1.71. The van der Waals surface area contributed by atoms with Crippen molar-refractivity contribution in [2.75, 3.05) is 19.8 Å². The maximum Gasteiger partial charge on any atom is 0.222 e. The molecule has 106 valence electrons. The third-order valence-corrected chi connectivity index (χ3v) is 3.71. The molecule has 1 aromatic carbocycles. The number of carbonyl (C=O) groups is 1. The zero-order valence-electron chi connectivity index (χ0n) is 11.6. The lowest BCUT2D eigenvalue weighted by atomic mass is 10.3. The molecule has 2 aromatic rings. The van der Waals surface area contributed by atoms with Gasteiger partial charge in [-0.15, -0.1) is 5.10 Å². The van der Waals surface area contributed by atoms with Crippen LogP contribution in [-0.4, -0.2) is 50.9 Å². The van der Waals surface area contributed by atoms with Gasteiger partial charge in [-0.25, -0.2) is 0 Å². The van der Waals surface area contributed by atoms with Crippen molar-refractivity contribution in [3.63, 3.8) is 0 Å². The molecule has 0 aliphatic rings. The minimum atomic E-state index is 0.147. The Morgan fingerprint density at radius 1 is 1.30 bits per heavy atom. The second kappa shape index (κ2) is 7.04. The Hall–Kier alpha value is -1.89. The number of amides is 1. The van der Waals surface area contributed by atoms with E-state index in [1.807, 2.05) is 30.3 Å². The molecule has 0 radical (unpaired) electrons. The Morgan fingerprint density at radius 3 is 2.75 bits per heavy atom. The lowest BCUT2D eigenvalue weighted by molar-refractivity contribution is -0.128. The summed E-state index contributed by atoms with van der Waals surface area (Å²) in [7, 11) is 3.54. The van der Waals surface area contributed by atoms with Gasteiger partial charge in [-0.3, -0.25) is 4.79 Å². The van der Waals surface area contributed by atoms with Gasteiger partial charge >= 0.3 is 0 Å². The van der Waals surface area contributed by atoms with Crippen LogP contribution in [0.3, 0.4) is 0 Å². The van der Waals surface area contributed by atoms with Crippen LogP contribution in [0.5, 0.6) is 0 Å². The molecular weight excluding hydrogens is 274 g/mol. The summed E-state index contributed by atoms with van der Waals surface area (Å²) in [4.78, 5) is 13.1. The van der Waals surface area contributed by atoms with E-state index in [9.17, 15) is 4.79 Å². The molecule has 1 aromatic heterocycles. The minimum absolute atomic E-state index is 0.147. The molecular formula is C13H17N5OS. The predicted molar refractivity (Wildman–Crippen MR) is 77.8 cm³/mol. The van der Waals surface area contributed by atoms with Crippen molar-refractivity contribution in [2.24, 2.45) is 0 Å². The van der Waals surface area contributed by atoms with Gasteiger partial charge in [-0.2, -0.15) is 4.68 Å². The number of thioether (sulfide) groups is 1. The summed E-state index contributed by atoms with van der Waals surface area (Å²) in [5, 5.41) is 12.5. The van der Waals surface area contributed by atoms with Gasteiger partial charge in [0, 0.05) is 26.3 Å². The molecule has 0 atom stereocenters. The van der Waals surface area contributed by atoms with Crippen LogP contribution in [-0.2, 0) is 4.79 Å². The molecule has 6 nitrogen and oxygen atoms in total. The van der Waals surface area contributed by atoms with E-state index in [2.05, 4.69) is 15.5 Å². The molecule has 0 saturated carbocycles. The van der Waals surface area contributed by atoms with Crippen LogP contribution in [0.25, 0.3) is 5.69 Å². The number of hydrogen-bond acceptors (Lipinski definition) is 5. The van der Waals surface area contributed by atoms with Gasteiger partial charge in [0.2, 0.25) is 11.1 Å². The molecule has 1 heterocycles. The van der Waals surface area contributed by atoms with Crippen molar-refractivity contribution in [2.45, 2.75) is 18.0 Å². The van der Waals surface area contributed by atoms with Gasteiger partial charge in [0.05, 0.1) is 5.69 Å². The Kier molecular flexibility index (Phi) is 5.11. The number of nitrogens with zero attached hydrogens (tertiary/aromatic N) is 5. The molecule has 0 fully saturated rings. The Morgan fingerprint density at radius 2 is 2.05 bits per heavy atom. The number of tetrazole rings is 1. The monoisotopic (exact) mass is 291 g/mol. The molecule has 7 heteroatoms. The van der Waals surface area contributed by atoms with Gasteiger partial charge in [0.1, 0.15) is 0 Å². The zero-order chi connectivity index (χ0) is 14.4. The molecule has 1 amide bonds. The standard InChI is InChI=1S/C13H17N5OS/c1-17(2)12(19)9-6-10-20-13-14-15-16-18(13)11-7-4-3-5-8-11/h3-5,7-8H,6,9-10H2,1-2H3. The number of hydrogen-bond donors (Lipinski definition) is 0. The molecule has 0 aliphatic heterocycles. The molecule has 0 spiro atoms. The summed E-state index contributed by atoms with van der Waals surface area (Å²) in [6.07, 6.45) is 1.36. The zero-order valence-corrected chi connectivity index (χ0v) is 12.4. The summed E-state index contributed by atoms with van der Waals surface area (Å²) in [6, 6.07) is 9.75. The largest absolute Gasteiger partial charge is 0.349 e. The normalized spacial score (nSPS) is 10.5. The van der Waals surface area contributed by atoms with Crippen LogP contribution in [0.15, 0.2) is 35.5 Å². The van der Waals surface area contributed by atoms with Gasteiger partial charge in [0.15, 0.2) is 0 Å². The lowest BCUT2D eigenvalue weighted by Gasteiger charge is -2.09. The van der Waals surface area contributed by atoms with Crippen molar-refractivity contribution >= 4 is 17.7 Å². The average Bonchev–Trinajstić information content (AvgIpc) is 2.92. The molecule has 0 saturated heterocycles. The summed E-state index contributed by atoms with van der Waals surface area (Å²) in [5.74, 6) is 0.959. The highest BCUT2D eigenvalue weighted by Crippen LogP contribution is 2.19. The molecule has 2 rings (SSSR count). The van der Waals surface area contributed by atoms with Crippen LogP contribution in [0.4, 0.5) is 0 Å². The number of aromatic nitrogens is 4. The van der Waals surface area contributed by atoms with Crippen molar-refractivity contribution < 1.29 is 4.79 Å². The minimum Gasteiger partial charge on any atom is -0.349 e. The van der Waals surface area contributed by atoms with E-state index in [1.165, 1.54) is 0 Å². The van der Waals surface area contributed by atoms with Gasteiger partial charge in [-0.05, 0) is 29.0 Å². The van der Waals surface area contributed by atoms with E-state index in [0.717, 1.165) is 23.0 Å². The summed E-state index contributed by atoms with van der Waals surface area (Å²) >= 11 is 1.56. The lowest BCUT2D eigenvalue weighted by Crippen LogP contribution is -2.21. The second-order valence-corrected chi connectivity index (χ2v) is 5.51. The van der Waals surface area contributed by atoms with Crippen LogP contribution in [0.1, 0.15) is 12.8 Å². The number of benzene rings is 1. The van der Waals surface area contributed by atoms with E-state index >= 15 is 0 Å². The highest BCUT2D eigenvalue weighted by molar-refractivity contribution is 7.99. The molecule has 0 N–H and O–H groups in total.